The van der Waals surface area contributed by atoms with E-state index >= 15 is 0 Å². The molecule has 0 bridgehead atoms. The number of thiocarbonyl (C=S) groups is 1. The Hall–Kier alpha value is -2.37. The Morgan fingerprint density at radius 1 is 1.07 bits per heavy atom. The van der Waals surface area contributed by atoms with Gasteiger partial charge in [0.2, 0.25) is 0 Å². The fourth-order valence-corrected chi connectivity index (χ4v) is 4.18. The summed E-state index contributed by atoms with van der Waals surface area (Å²) in [5, 5.41) is 1.23. The van der Waals surface area contributed by atoms with Gasteiger partial charge in [0.25, 0.3) is 0 Å². The number of rotatable bonds is 5. The van der Waals surface area contributed by atoms with Gasteiger partial charge in [0, 0.05) is 22.7 Å². The molecule has 1 aromatic heterocycles. The van der Waals surface area contributed by atoms with Gasteiger partial charge >= 0.3 is 0 Å². The predicted molar refractivity (Wildman–Crippen MR) is 119 cm³/mol. The molecule has 1 aliphatic rings. The minimum Gasteiger partial charge on any atom is -0.491 e. The Bertz CT molecular complexity index is 973. The van der Waals surface area contributed by atoms with Crippen LogP contribution in [-0.4, -0.2) is 54.3 Å². The number of quaternary nitrogens is 1. The van der Waals surface area contributed by atoms with Gasteiger partial charge in [-0.2, -0.15) is 0 Å². The van der Waals surface area contributed by atoms with Crippen LogP contribution in [0, 0.1) is 6.92 Å². The van der Waals surface area contributed by atoms with Crippen molar-refractivity contribution < 1.29 is 9.64 Å². The zero-order valence-electron chi connectivity index (χ0n) is 16.6. The van der Waals surface area contributed by atoms with Crippen molar-refractivity contribution in [2.75, 3.05) is 39.8 Å². The fourth-order valence-electron chi connectivity index (χ4n) is 3.84. The number of fused-ring (bicyclic) bond motifs is 1. The van der Waals surface area contributed by atoms with Crippen LogP contribution < -0.4 is 9.64 Å². The van der Waals surface area contributed by atoms with Crippen LogP contribution in [0.1, 0.15) is 11.1 Å². The van der Waals surface area contributed by atoms with E-state index in [9.17, 15) is 0 Å². The Labute approximate surface area is 172 Å². The van der Waals surface area contributed by atoms with Crippen molar-refractivity contribution in [2.45, 2.75) is 13.5 Å². The number of ether oxygens (including phenoxy) is 1. The summed E-state index contributed by atoms with van der Waals surface area (Å²) in [6.45, 7) is 7.85. The molecule has 1 N–H and O–H groups in total. The molecule has 1 saturated heterocycles. The highest BCUT2D eigenvalue weighted by Gasteiger charge is 2.22. The normalized spacial score (nSPS) is 15.1. The van der Waals surface area contributed by atoms with Crippen molar-refractivity contribution in [3.63, 3.8) is 0 Å². The van der Waals surface area contributed by atoms with E-state index in [1.54, 1.807) is 4.90 Å². The lowest BCUT2D eigenvalue weighted by atomic mass is 10.1. The summed E-state index contributed by atoms with van der Waals surface area (Å²) in [6.07, 6.45) is 2.21. The highest BCUT2D eigenvalue weighted by molar-refractivity contribution is 7.80. The lowest BCUT2D eigenvalue weighted by Gasteiger charge is -2.31. The molecule has 1 fully saturated rings. The standard InChI is InChI=1S/C23H27N3OS/c1-18-7-3-6-10-22(18)27-16-15-26-17-20(19-8-4-5-9-21(19)26)23(28)25-13-11-24(2)12-14-25/h3-10,17H,11-16H2,1-2H3/p+1. The van der Waals surface area contributed by atoms with Gasteiger partial charge < -0.3 is 19.1 Å². The van der Waals surface area contributed by atoms with Crippen LogP contribution in [0.4, 0.5) is 0 Å². The number of piperazine rings is 1. The van der Waals surface area contributed by atoms with E-state index in [0.29, 0.717) is 6.61 Å². The first-order chi connectivity index (χ1) is 13.6. The largest absolute Gasteiger partial charge is 0.491 e. The maximum atomic E-state index is 6.02. The van der Waals surface area contributed by atoms with Crippen LogP contribution in [0.15, 0.2) is 54.7 Å². The van der Waals surface area contributed by atoms with Crippen LogP contribution in [0.25, 0.3) is 10.9 Å². The molecule has 0 unspecified atom stereocenters. The Morgan fingerprint density at radius 2 is 1.79 bits per heavy atom. The summed E-state index contributed by atoms with van der Waals surface area (Å²) < 4.78 is 8.30. The molecule has 4 nitrogen and oxygen atoms in total. The molecular formula is C23H28N3OS+. The summed E-state index contributed by atoms with van der Waals surface area (Å²) in [5.41, 5.74) is 3.55. The number of nitrogens with one attached hydrogen (secondary N) is 1. The lowest BCUT2D eigenvalue weighted by molar-refractivity contribution is -0.883. The molecule has 0 saturated carbocycles. The Balaban J connectivity index is 1.53. The number of hydrogen-bond donors (Lipinski definition) is 1. The van der Waals surface area contributed by atoms with Gasteiger partial charge in [-0.25, -0.2) is 0 Å². The Morgan fingerprint density at radius 3 is 2.57 bits per heavy atom. The molecule has 0 spiro atoms. The van der Waals surface area contributed by atoms with E-state index < -0.39 is 0 Å². The van der Waals surface area contributed by atoms with E-state index in [-0.39, 0.29) is 0 Å². The molecule has 1 aliphatic heterocycles. The average molecular weight is 395 g/mol. The zero-order valence-corrected chi connectivity index (χ0v) is 17.5. The smallest absolute Gasteiger partial charge is 0.122 e. The summed E-state index contributed by atoms with van der Waals surface area (Å²) in [6, 6.07) is 16.7. The van der Waals surface area contributed by atoms with Gasteiger partial charge in [0.15, 0.2) is 0 Å². The van der Waals surface area contributed by atoms with Gasteiger partial charge in [-0.3, -0.25) is 0 Å². The van der Waals surface area contributed by atoms with Gasteiger partial charge in [0.05, 0.1) is 39.8 Å². The molecular weight excluding hydrogens is 366 g/mol. The van der Waals surface area contributed by atoms with E-state index in [4.69, 9.17) is 17.0 Å². The number of para-hydroxylation sites is 2. The van der Waals surface area contributed by atoms with Gasteiger partial charge in [0.1, 0.15) is 17.3 Å². The quantitative estimate of drug-likeness (QED) is 0.672. The van der Waals surface area contributed by atoms with Crippen molar-refractivity contribution in [1.29, 1.82) is 0 Å². The number of likely N-dealkylation sites (N-methyl/N-ethyl adjacent to an activating group) is 1. The van der Waals surface area contributed by atoms with Gasteiger partial charge in [-0.05, 0) is 24.6 Å². The highest BCUT2D eigenvalue weighted by atomic mass is 32.1. The van der Waals surface area contributed by atoms with Crippen molar-refractivity contribution in [1.82, 2.24) is 9.47 Å². The van der Waals surface area contributed by atoms with Gasteiger partial charge in [-0.15, -0.1) is 0 Å². The molecule has 4 rings (SSSR count). The maximum Gasteiger partial charge on any atom is 0.122 e. The first-order valence-corrected chi connectivity index (χ1v) is 10.4. The summed E-state index contributed by atoms with van der Waals surface area (Å²) >= 11 is 5.90. The van der Waals surface area contributed by atoms with E-state index in [2.05, 4.69) is 60.0 Å². The van der Waals surface area contributed by atoms with Crippen molar-refractivity contribution in [3.05, 3.63) is 65.9 Å². The number of aromatic nitrogens is 1. The van der Waals surface area contributed by atoms with E-state index in [0.717, 1.165) is 43.5 Å². The second-order valence-electron chi connectivity index (χ2n) is 7.62. The molecule has 5 heteroatoms. The molecule has 0 atom stereocenters. The van der Waals surface area contributed by atoms with E-state index in [1.807, 2.05) is 18.2 Å². The minimum atomic E-state index is 0.633. The number of nitrogens with zero attached hydrogens (tertiary/aromatic N) is 2. The van der Waals surface area contributed by atoms with Crippen LogP contribution in [-0.2, 0) is 6.54 Å². The summed E-state index contributed by atoms with van der Waals surface area (Å²) in [4.78, 5) is 4.91. The third-order valence-electron chi connectivity index (χ3n) is 5.61. The summed E-state index contributed by atoms with van der Waals surface area (Å²) in [5.74, 6) is 0.953. The predicted octanol–water partition coefficient (Wildman–Crippen LogP) is 2.53. The monoisotopic (exact) mass is 394 g/mol. The molecule has 3 aromatic rings. The van der Waals surface area contributed by atoms with E-state index in [1.165, 1.54) is 22.0 Å². The topological polar surface area (TPSA) is 21.8 Å². The molecule has 0 amide bonds. The first-order valence-electron chi connectivity index (χ1n) is 10.0. The minimum absolute atomic E-state index is 0.633. The van der Waals surface area contributed by atoms with Crippen molar-refractivity contribution >= 4 is 28.1 Å². The molecule has 0 radical (unpaired) electrons. The first kappa shape index (κ1) is 19.0. The second-order valence-corrected chi connectivity index (χ2v) is 8.00. The third-order valence-corrected chi connectivity index (χ3v) is 6.08. The fraction of sp³-hybridized carbons (Fsp3) is 0.348. The third kappa shape index (κ3) is 3.91. The maximum absolute atomic E-state index is 6.02. The molecule has 2 heterocycles. The number of aryl methyl sites for hydroxylation is 1. The number of benzene rings is 2. The zero-order chi connectivity index (χ0) is 19.5. The van der Waals surface area contributed by atoms with Crippen LogP contribution in [0.3, 0.4) is 0 Å². The van der Waals surface area contributed by atoms with Gasteiger partial charge in [-0.1, -0.05) is 48.6 Å². The molecule has 146 valence electrons. The Kier molecular flexibility index (Phi) is 5.64. The highest BCUT2D eigenvalue weighted by Crippen LogP contribution is 2.24. The van der Waals surface area contributed by atoms with Crippen LogP contribution >= 0.6 is 12.2 Å². The van der Waals surface area contributed by atoms with Crippen LogP contribution in [0.5, 0.6) is 5.75 Å². The second kappa shape index (κ2) is 8.33. The number of hydrogen-bond acceptors (Lipinski definition) is 2. The van der Waals surface area contributed by atoms with Crippen molar-refractivity contribution in [2.24, 2.45) is 0 Å². The molecule has 28 heavy (non-hydrogen) atoms. The van der Waals surface area contributed by atoms with Crippen LogP contribution in [0.2, 0.25) is 0 Å². The molecule has 0 aliphatic carbocycles. The SMILES string of the molecule is Cc1ccccc1OCCn1cc(C(=S)N2CC[NH+](C)CC2)c2ccccc21. The molecule has 2 aromatic carbocycles. The van der Waals surface area contributed by atoms with Crippen molar-refractivity contribution in [3.8, 4) is 5.75 Å². The lowest BCUT2D eigenvalue weighted by Crippen LogP contribution is -3.12. The summed E-state index contributed by atoms with van der Waals surface area (Å²) in [7, 11) is 2.25. The average Bonchev–Trinajstić information content (AvgIpc) is 3.08.